The molecular formula is C14H25NO4S. The second-order valence-corrected chi connectivity index (χ2v) is 6.04. The fourth-order valence-electron chi connectivity index (χ4n) is 2.26. The Kier molecular flexibility index (Phi) is 8.18. The van der Waals surface area contributed by atoms with Crippen molar-refractivity contribution in [2.75, 3.05) is 32.1 Å². The van der Waals surface area contributed by atoms with Gasteiger partial charge in [-0.25, -0.2) is 0 Å². The molecule has 20 heavy (non-hydrogen) atoms. The zero-order chi connectivity index (χ0) is 15.0. The van der Waals surface area contributed by atoms with E-state index in [0.717, 1.165) is 12.3 Å². The molecule has 0 radical (unpaired) electrons. The number of ether oxygens (including phenoxy) is 2. The van der Waals surface area contributed by atoms with E-state index in [1.165, 1.54) is 11.8 Å². The van der Waals surface area contributed by atoms with Gasteiger partial charge in [-0.15, -0.1) is 0 Å². The summed E-state index contributed by atoms with van der Waals surface area (Å²) in [5.74, 6) is 1.19. The first-order chi connectivity index (χ1) is 9.56. The number of hydrogen-bond donors (Lipinski definition) is 0. The van der Waals surface area contributed by atoms with Crippen LogP contribution in [0.25, 0.3) is 0 Å². The van der Waals surface area contributed by atoms with Gasteiger partial charge in [-0.2, -0.15) is 0 Å². The molecule has 5 nitrogen and oxygen atoms in total. The summed E-state index contributed by atoms with van der Waals surface area (Å²) in [5, 5.41) is 0.114. The van der Waals surface area contributed by atoms with E-state index in [0.29, 0.717) is 32.6 Å². The van der Waals surface area contributed by atoms with Gasteiger partial charge < -0.3 is 14.4 Å². The summed E-state index contributed by atoms with van der Waals surface area (Å²) in [6.07, 6.45) is 1.01. The van der Waals surface area contributed by atoms with Crippen LogP contribution in [0.15, 0.2) is 0 Å². The summed E-state index contributed by atoms with van der Waals surface area (Å²) < 4.78 is 10.9. The Bertz CT molecular complexity index is 318. The highest BCUT2D eigenvalue weighted by Gasteiger charge is 2.29. The zero-order valence-electron chi connectivity index (χ0n) is 12.6. The lowest BCUT2D eigenvalue weighted by molar-refractivity contribution is -0.144. The van der Waals surface area contributed by atoms with Crippen molar-refractivity contribution in [3.05, 3.63) is 0 Å². The van der Waals surface area contributed by atoms with E-state index in [2.05, 4.69) is 0 Å². The highest BCUT2D eigenvalue weighted by molar-refractivity contribution is 8.13. The lowest BCUT2D eigenvalue weighted by Gasteiger charge is -2.21. The molecule has 1 heterocycles. The molecule has 0 aromatic rings. The maximum atomic E-state index is 11.9. The lowest BCUT2D eigenvalue weighted by atomic mass is 10.1. The van der Waals surface area contributed by atoms with Gasteiger partial charge >= 0.3 is 0 Å². The van der Waals surface area contributed by atoms with Crippen molar-refractivity contribution in [3.8, 4) is 0 Å². The van der Waals surface area contributed by atoms with Crippen molar-refractivity contribution >= 4 is 22.8 Å². The third-order valence-corrected chi connectivity index (χ3v) is 4.20. The standard InChI is InChI=1S/C14H25NO4S/c1-4-18-14(19-5-2)6-7-15-9-12(8-13(15)17)10-20-11(3)16/h12,14H,4-10H2,1-3H3. The van der Waals surface area contributed by atoms with Gasteiger partial charge in [0.05, 0.1) is 0 Å². The third kappa shape index (κ3) is 6.24. The smallest absolute Gasteiger partial charge is 0.222 e. The number of amides is 1. The van der Waals surface area contributed by atoms with Crippen LogP contribution in [0.5, 0.6) is 0 Å². The lowest BCUT2D eigenvalue weighted by Crippen LogP contribution is -2.30. The summed E-state index contributed by atoms with van der Waals surface area (Å²) in [6, 6.07) is 0. The van der Waals surface area contributed by atoms with Gasteiger partial charge in [0, 0.05) is 51.8 Å². The van der Waals surface area contributed by atoms with E-state index < -0.39 is 0 Å². The average molecular weight is 303 g/mol. The Morgan fingerprint density at radius 3 is 2.60 bits per heavy atom. The summed E-state index contributed by atoms with van der Waals surface area (Å²) >= 11 is 1.31. The first-order valence-corrected chi connectivity index (χ1v) is 8.19. The minimum atomic E-state index is -0.233. The molecule has 1 aliphatic heterocycles. The van der Waals surface area contributed by atoms with Crippen molar-refractivity contribution in [3.63, 3.8) is 0 Å². The number of thioether (sulfide) groups is 1. The van der Waals surface area contributed by atoms with Gasteiger partial charge in [0.15, 0.2) is 11.4 Å². The highest BCUT2D eigenvalue weighted by atomic mass is 32.2. The molecule has 1 amide bonds. The molecule has 0 aromatic carbocycles. The summed E-state index contributed by atoms with van der Waals surface area (Å²) in [6.45, 7) is 8.04. The van der Waals surface area contributed by atoms with Crippen LogP contribution in [-0.2, 0) is 19.1 Å². The molecule has 0 aliphatic carbocycles. The van der Waals surface area contributed by atoms with Crippen LogP contribution in [0.1, 0.15) is 33.6 Å². The van der Waals surface area contributed by atoms with E-state index in [1.54, 1.807) is 6.92 Å². The average Bonchev–Trinajstić information content (AvgIpc) is 2.75. The fourth-order valence-corrected chi connectivity index (χ4v) is 2.96. The zero-order valence-corrected chi connectivity index (χ0v) is 13.4. The van der Waals surface area contributed by atoms with Crippen LogP contribution >= 0.6 is 11.8 Å². The Morgan fingerprint density at radius 2 is 2.05 bits per heavy atom. The van der Waals surface area contributed by atoms with Crippen molar-refractivity contribution in [2.45, 2.75) is 39.9 Å². The molecule has 1 unspecified atom stereocenters. The van der Waals surface area contributed by atoms with Crippen LogP contribution in [0.3, 0.4) is 0 Å². The van der Waals surface area contributed by atoms with E-state index in [4.69, 9.17) is 9.47 Å². The molecule has 6 heteroatoms. The Balaban J connectivity index is 2.32. The topological polar surface area (TPSA) is 55.8 Å². The molecule has 1 rings (SSSR count). The van der Waals surface area contributed by atoms with E-state index >= 15 is 0 Å². The first kappa shape index (κ1) is 17.5. The van der Waals surface area contributed by atoms with E-state index in [1.807, 2.05) is 18.7 Å². The molecule has 1 atom stereocenters. The predicted molar refractivity (Wildman–Crippen MR) is 79.5 cm³/mol. The van der Waals surface area contributed by atoms with Gasteiger partial charge in [-0.1, -0.05) is 11.8 Å². The van der Waals surface area contributed by atoms with Crippen LogP contribution in [-0.4, -0.2) is 54.3 Å². The maximum Gasteiger partial charge on any atom is 0.222 e. The van der Waals surface area contributed by atoms with Gasteiger partial charge in [0.2, 0.25) is 5.91 Å². The second-order valence-electron chi connectivity index (χ2n) is 4.84. The Hall–Kier alpha value is -0.590. The van der Waals surface area contributed by atoms with Crippen molar-refractivity contribution < 1.29 is 19.1 Å². The second kappa shape index (κ2) is 9.37. The van der Waals surface area contributed by atoms with Crippen molar-refractivity contribution in [1.29, 1.82) is 0 Å². The fraction of sp³-hybridized carbons (Fsp3) is 0.857. The van der Waals surface area contributed by atoms with Crippen LogP contribution < -0.4 is 0 Å². The summed E-state index contributed by atoms with van der Waals surface area (Å²) in [7, 11) is 0. The number of carbonyl (C=O) groups is 2. The molecule has 0 bridgehead atoms. The van der Waals surface area contributed by atoms with Gasteiger partial charge in [0.1, 0.15) is 0 Å². The molecule has 0 aromatic heterocycles. The monoisotopic (exact) mass is 303 g/mol. The largest absolute Gasteiger partial charge is 0.353 e. The third-order valence-electron chi connectivity index (χ3n) is 3.16. The van der Waals surface area contributed by atoms with Crippen molar-refractivity contribution in [1.82, 2.24) is 4.90 Å². The van der Waals surface area contributed by atoms with E-state index in [-0.39, 0.29) is 23.2 Å². The Labute approximate surface area is 125 Å². The molecular weight excluding hydrogens is 278 g/mol. The molecule has 0 spiro atoms. The summed E-state index contributed by atoms with van der Waals surface area (Å²) in [5.41, 5.74) is 0. The summed E-state index contributed by atoms with van der Waals surface area (Å²) in [4.78, 5) is 24.7. The molecule has 1 aliphatic rings. The number of carbonyl (C=O) groups excluding carboxylic acids is 2. The quantitative estimate of drug-likeness (QED) is 0.609. The Morgan fingerprint density at radius 1 is 1.40 bits per heavy atom. The molecule has 1 saturated heterocycles. The molecule has 0 N–H and O–H groups in total. The van der Waals surface area contributed by atoms with Crippen molar-refractivity contribution in [2.24, 2.45) is 5.92 Å². The van der Waals surface area contributed by atoms with E-state index in [9.17, 15) is 9.59 Å². The normalized spacial score (nSPS) is 19.1. The maximum absolute atomic E-state index is 11.9. The van der Waals surface area contributed by atoms with Gasteiger partial charge in [-0.3, -0.25) is 9.59 Å². The SMILES string of the molecule is CCOC(CCN1CC(CSC(C)=O)CC1=O)OCC. The minimum absolute atomic E-state index is 0.114. The molecule has 0 saturated carbocycles. The minimum Gasteiger partial charge on any atom is -0.353 e. The molecule has 1 fully saturated rings. The highest BCUT2D eigenvalue weighted by Crippen LogP contribution is 2.22. The van der Waals surface area contributed by atoms with Crippen LogP contribution in [0, 0.1) is 5.92 Å². The van der Waals surface area contributed by atoms with Crippen LogP contribution in [0.4, 0.5) is 0 Å². The molecule has 116 valence electrons. The first-order valence-electron chi connectivity index (χ1n) is 7.21. The predicted octanol–water partition coefficient (Wildman–Crippen LogP) is 1.90. The number of hydrogen-bond acceptors (Lipinski definition) is 5. The number of rotatable bonds is 9. The number of nitrogens with zero attached hydrogens (tertiary/aromatic N) is 1. The number of likely N-dealkylation sites (tertiary alicyclic amines) is 1. The van der Waals surface area contributed by atoms with Gasteiger partial charge in [0.25, 0.3) is 0 Å². The van der Waals surface area contributed by atoms with Gasteiger partial charge in [-0.05, 0) is 19.8 Å². The van der Waals surface area contributed by atoms with Crippen LogP contribution in [0.2, 0.25) is 0 Å².